The molecule has 0 saturated heterocycles. The van der Waals surface area contributed by atoms with E-state index in [0.717, 1.165) is 0 Å². The molecule has 0 aromatic heterocycles. The molecular weight excluding hydrogens is 122 g/mol. The van der Waals surface area contributed by atoms with Gasteiger partial charge in [-0.05, 0) is 5.41 Å². The third-order valence-electron chi connectivity index (χ3n) is 1.08. The van der Waals surface area contributed by atoms with Gasteiger partial charge in [-0.25, -0.2) is 0 Å². The number of hydrogen-bond acceptors (Lipinski definition) is 1. The lowest BCUT2D eigenvalue weighted by atomic mass is 9.95. The largest absolute Gasteiger partial charge is 0.330 e. The van der Waals surface area contributed by atoms with Gasteiger partial charge in [0.25, 0.3) is 0 Å². The van der Waals surface area contributed by atoms with Crippen LogP contribution in [0.1, 0.15) is 13.8 Å². The van der Waals surface area contributed by atoms with Gasteiger partial charge >= 0.3 is 0 Å². The monoisotopic (exact) mass is 135 g/mol. The number of rotatable bonds is 2. The number of halogens is 1. The van der Waals surface area contributed by atoms with Crippen LogP contribution in [0.15, 0.2) is 12.7 Å². The number of hydrogen-bond donors (Lipinski definition) is 1. The molecule has 2 heteroatoms. The molecule has 0 heterocycles. The van der Waals surface area contributed by atoms with Crippen molar-refractivity contribution in [3.8, 4) is 0 Å². The van der Waals surface area contributed by atoms with Crippen LogP contribution in [-0.4, -0.2) is 6.54 Å². The van der Waals surface area contributed by atoms with E-state index < -0.39 is 0 Å². The molecule has 0 aromatic carbocycles. The molecule has 0 aromatic rings. The SMILES string of the molecule is C=CC(C)(C)CN.Cl. The van der Waals surface area contributed by atoms with E-state index in [1.54, 1.807) is 0 Å². The average Bonchev–Trinajstić information content (AvgIpc) is 1.68. The predicted molar refractivity (Wildman–Crippen MR) is 40.3 cm³/mol. The highest BCUT2D eigenvalue weighted by molar-refractivity contribution is 5.85. The second kappa shape index (κ2) is 3.93. The van der Waals surface area contributed by atoms with Gasteiger partial charge in [-0.3, -0.25) is 0 Å². The molecule has 0 saturated carbocycles. The highest BCUT2D eigenvalue weighted by Gasteiger charge is 2.07. The Bertz CT molecular complexity index is 68.9. The minimum atomic E-state index is 0. The van der Waals surface area contributed by atoms with Crippen LogP contribution in [0.5, 0.6) is 0 Å². The van der Waals surface area contributed by atoms with Crippen molar-refractivity contribution in [2.45, 2.75) is 13.8 Å². The van der Waals surface area contributed by atoms with Gasteiger partial charge in [0, 0.05) is 6.54 Å². The third kappa shape index (κ3) is 4.16. The lowest BCUT2D eigenvalue weighted by Crippen LogP contribution is -2.20. The zero-order valence-electron chi connectivity index (χ0n) is 5.48. The quantitative estimate of drug-likeness (QED) is 0.572. The first-order valence-electron chi connectivity index (χ1n) is 2.46. The van der Waals surface area contributed by atoms with E-state index in [4.69, 9.17) is 5.73 Å². The Morgan fingerprint density at radius 1 is 1.62 bits per heavy atom. The number of nitrogens with two attached hydrogens (primary N) is 1. The molecule has 50 valence electrons. The predicted octanol–water partition coefficient (Wildman–Crippen LogP) is 1.58. The zero-order valence-corrected chi connectivity index (χ0v) is 6.29. The van der Waals surface area contributed by atoms with Crippen LogP contribution < -0.4 is 5.73 Å². The van der Waals surface area contributed by atoms with Crippen molar-refractivity contribution in [3.63, 3.8) is 0 Å². The summed E-state index contributed by atoms with van der Waals surface area (Å²) in [6.45, 7) is 8.41. The summed E-state index contributed by atoms with van der Waals surface area (Å²) in [7, 11) is 0. The topological polar surface area (TPSA) is 26.0 Å². The Kier molecular flexibility index (Phi) is 5.34. The maximum absolute atomic E-state index is 5.35. The summed E-state index contributed by atoms with van der Waals surface area (Å²) in [5, 5.41) is 0. The molecule has 2 N–H and O–H groups in total. The van der Waals surface area contributed by atoms with E-state index in [2.05, 4.69) is 20.4 Å². The van der Waals surface area contributed by atoms with E-state index in [1.165, 1.54) is 0 Å². The summed E-state index contributed by atoms with van der Waals surface area (Å²) in [5.41, 5.74) is 5.47. The Morgan fingerprint density at radius 3 is 2.00 bits per heavy atom. The molecule has 8 heavy (non-hydrogen) atoms. The second-order valence-corrected chi connectivity index (χ2v) is 2.40. The molecule has 0 atom stereocenters. The zero-order chi connectivity index (χ0) is 5.91. The van der Waals surface area contributed by atoms with Crippen LogP contribution >= 0.6 is 12.4 Å². The van der Waals surface area contributed by atoms with Crippen LogP contribution in [0.2, 0.25) is 0 Å². The lowest BCUT2D eigenvalue weighted by molar-refractivity contribution is 0.496. The molecule has 1 nitrogen and oxygen atoms in total. The van der Waals surface area contributed by atoms with Gasteiger partial charge < -0.3 is 5.73 Å². The van der Waals surface area contributed by atoms with Crippen molar-refractivity contribution < 1.29 is 0 Å². The van der Waals surface area contributed by atoms with Gasteiger partial charge in [0.1, 0.15) is 0 Å². The summed E-state index contributed by atoms with van der Waals surface area (Å²) in [6, 6.07) is 0. The molecule has 0 amide bonds. The normalized spacial score (nSPS) is 9.88. The van der Waals surface area contributed by atoms with Gasteiger partial charge in [-0.15, -0.1) is 19.0 Å². The van der Waals surface area contributed by atoms with Crippen LogP contribution in [-0.2, 0) is 0 Å². The summed E-state index contributed by atoms with van der Waals surface area (Å²) < 4.78 is 0. The van der Waals surface area contributed by atoms with Gasteiger partial charge in [-0.1, -0.05) is 19.9 Å². The second-order valence-electron chi connectivity index (χ2n) is 2.40. The fourth-order valence-corrected chi connectivity index (χ4v) is 0.0833. The minimum absolute atomic E-state index is 0. The summed E-state index contributed by atoms with van der Waals surface area (Å²) >= 11 is 0. The van der Waals surface area contributed by atoms with Crippen molar-refractivity contribution in [3.05, 3.63) is 12.7 Å². The van der Waals surface area contributed by atoms with E-state index in [-0.39, 0.29) is 17.8 Å². The average molecular weight is 136 g/mol. The summed E-state index contributed by atoms with van der Waals surface area (Å²) in [4.78, 5) is 0. The lowest BCUT2D eigenvalue weighted by Gasteiger charge is -2.14. The third-order valence-corrected chi connectivity index (χ3v) is 1.08. The maximum atomic E-state index is 5.35. The van der Waals surface area contributed by atoms with Gasteiger partial charge in [-0.2, -0.15) is 0 Å². The first-order valence-corrected chi connectivity index (χ1v) is 2.46. The van der Waals surface area contributed by atoms with Crippen LogP contribution in [0.3, 0.4) is 0 Å². The minimum Gasteiger partial charge on any atom is -0.330 e. The molecule has 0 unspecified atom stereocenters. The van der Waals surface area contributed by atoms with E-state index in [9.17, 15) is 0 Å². The summed E-state index contributed by atoms with van der Waals surface area (Å²) in [5.74, 6) is 0. The Labute approximate surface area is 57.4 Å². The fourth-order valence-electron chi connectivity index (χ4n) is 0.0833. The van der Waals surface area contributed by atoms with Crippen LogP contribution in [0.25, 0.3) is 0 Å². The van der Waals surface area contributed by atoms with Crippen molar-refractivity contribution in [1.29, 1.82) is 0 Å². The highest BCUT2D eigenvalue weighted by Crippen LogP contribution is 2.11. The fraction of sp³-hybridized carbons (Fsp3) is 0.667. The van der Waals surface area contributed by atoms with E-state index >= 15 is 0 Å². The Hall–Kier alpha value is -0.0100. The van der Waals surface area contributed by atoms with E-state index in [0.29, 0.717) is 6.54 Å². The van der Waals surface area contributed by atoms with Gasteiger partial charge in [0.15, 0.2) is 0 Å². The Balaban J connectivity index is 0. The Morgan fingerprint density at radius 2 is 2.00 bits per heavy atom. The van der Waals surface area contributed by atoms with Gasteiger partial charge in [0.05, 0.1) is 0 Å². The molecule has 0 aliphatic heterocycles. The molecule has 0 rings (SSSR count). The smallest absolute Gasteiger partial charge is 0.000876 e. The van der Waals surface area contributed by atoms with Crippen molar-refractivity contribution >= 4 is 12.4 Å². The van der Waals surface area contributed by atoms with E-state index in [1.807, 2.05) is 6.08 Å². The van der Waals surface area contributed by atoms with Crippen molar-refractivity contribution in [2.75, 3.05) is 6.54 Å². The molecule has 0 aliphatic rings. The molecule has 0 aliphatic carbocycles. The maximum Gasteiger partial charge on any atom is 0.000876 e. The highest BCUT2D eigenvalue weighted by atomic mass is 35.5. The molecule has 0 bridgehead atoms. The van der Waals surface area contributed by atoms with Crippen LogP contribution in [0.4, 0.5) is 0 Å². The van der Waals surface area contributed by atoms with Crippen molar-refractivity contribution in [2.24, 2.45) is 11.1 Å². The van der Waals surface area contributed by atoms with Crippen molar-refractivity contribution in [1.82, 2.24) is 0 Å². The molecule has 0 spiro atoms. The van der Waals surface area contributed by atoms with Gasteiger partial charge in [0.2, 0.25) is 0 Å². The molecule has 0 radical (unpaired) electrons. The summed E-state index contributed by atoms with van der Waals surface area (Å²) in [6.07, 6.45) is 1.87. The molecular formula is C6H14ClN. The standard InChI is InChI=1S/C6H13N.ClH/c1-4-6(2,3)5-7;/h4H,1,5,7H2,2-3H3;1H. The molecule has 0 fully saturated rings. The first-order chi connectivity index (χ1) is 3.12. The first kappa shape index (κ1) is 10.9. The van der Waals surface area contributed by atoms with Crippen LogP contribution in [0, 0.1) is 5.41 Å².